The minimum absolute atomic E-state index is 0.0677. The zero-order chi connectivity index (χ0) is 17.5. The highest BCUT2D eigenvalue weighted by molar-refractivity contribution is 5.89. The summed E-state index contributed by atoms with van der Waals surface area (Å²) < 4.78 is 16.5. The van der Waals surface area contributed by atoms with E-state index >= 15 is 0 Å². The molecule has 0 aliphatic carbocycles. The number of carbonyl (C=O) groups excluding carboxylic acids is 1. The molecule has 1 aromatic heterocycles. The van der Waals surface area contributed by atoms with E-state index in [4.69, 9.17) is 14.2 Å². The molecule has 1 fully saturated rings. The number of aromatic amines is 1. The van der Waals surface area contributed by atoms with Crippen LogP contribution in [0.4, 0.5) is 4.79 Å². The molecule has 1 aliphatic rings. The summed E-state index contributed by atoms with van der Waals surface area (Å²) in [6, 6.07) is 5.76. The smallest absolute Gasteiger partial charge is 0.314 e. The van der Waals surface area contributed by atoms with Gasteiger partial charge in [0.2, 0.25) is 0 Å². The van der Waals surface area contributed by atoms with Crippen LogP contribution in [0.5, 0.6) is 5.75 Å². The predicted octanol–water partition coefficient (Wildman–Crippen LogP) is 1.82. The van der Waals surface area contributed by atoms with E-state index in [9.17, 15) is 4.79 Å². The van der Waals surface area contributed by atoms with Crippen molar-refractivity contribution in [2.45, 2.75) is 19.4 Å². The van der Waals surface area contributed by atoms with Crippen LogP contribution in [0.3, 0.4) is 0 Å². The topological polar surface area (TPSA) is 84.6 Å². The first kappa shape index (κ1) is 17.6. The van der Waals surface area contributed by atoms with Crippen molar-refractivity contribution in [2.24, 2.45) is 0 Å². The monoisotopic (exact) mass is 347 g/mol. The van der Waals surface area contributed by atoms with Crippen LogP contribution in [0.15, 0.2) is 24.4 Å². The molecule has 1 atom stereocenters. The molecule has 1 aromatic carbocycles. The number of hydrogen-bond donors (Lipinski definition) is 3. The number of aromatic nitrogens is 1. The number of benzene rings is 1. The fraction of sp³-hybridized carbons (Fsp3) is 0.500. The highest BCUT2D eigenvalue weighted by Gasteiger charge is 2.15. The highest BCUT2D eigenvalue weighted by Crippen LogP contribution is 2.28. The summed E-state index contributed by atoms with van der Waals surface area (Å²) in [4.78, 5) is 15.2. The molecule has 3 rings (SSSR count). The maximum absolute atomic E-state index is 11.9. The van der Waals surface area contributed by atoms with Gasteiger partial charge in [0.05, 0.1) is 32.5 Å². The molecule has 0 spiro atoms. The molecule has 1 aliphatic heterocycles. The van der Waals surface area contributed by atoms with E-state index in [2.05, 4.69) is 15.6 Å². The molecule has 0 unspecified atom stereocenters. The molecule has 0 bridgehead atoms. The van der Waals surface area contributed by atoms with Gasteiger partial charge in [-0.2, -0.15) is 0 Å². The van der Waals surface area contributed by atoms with E-state index in [1.165, 1.54) is 0 Å². The van der Waals surface area contributed by atoms with Gasteiger partial charge in [-0.05, 0) is 31.0 Å². The van der Waals surface area contributed by atoms with E-state index < -0.39 is 0 Å². The summed E-state index contributed by atoms with van der Waals surface area (Å²) >= 11 is 0. The lowest BCUT2D eigenvalue weighted by Gasteiger charge is -2.23. The van der Waals surface area contributed by atoms with Gasteiger partial charge >= 0.3 is 6.03 Å². The van der Waals surface area contributed by atoms with Crippen molar-refractivity contribution in [3.63, 3.8) is 0 Å². The van der Waals surface area contributed by atoms with Crippen LogP contribution in [0.2, 0.25) is 0 Å². The fourth-order valence-corrected chi connectivity index (χ4v) is 2.93. The number of amides is 2. The van der Waals surface area contributed by atoms with Gasteiger partial charge in [-0.15, -0.1) is 0 Å². The van der Waals surface area contributed by atoms with E-state index in [1.54, 1.807) is 0 Å². The molecule has 2 amide bonds. The third-order valence-corrected chi connectivity index (χ3v) is 4.10. The average molecular weight is 347 g/mol. The van der Waals surface area contributed by atoms with Crippen molar-refractivity contribution in [3.05, 3.63) is 30.0 Å². The Morgan fingerprint density at radius 1 is 1.36 bits per heavy atom. The van der Waals surface area contributed by atoms with Crippen molar-refractivity contribution in [3.8, 4) is 5.75 Å². The van der Waals surface area contributed by atoms with Crippen molar-refractivity contribution in [2.75, 3.05) is 39.5 Å². The Morgan fingerprint density at radius 2 is 2.28 bits per heavy atom. The Kier molecular flexibility index (Phi) is 6.14. The number of fused-ring (bicyclic) bond motifs is 1. The summed E-state index contributed by atoms with van der Waals surface area (Å²) in [6.45, 7) is 5.31. The Morgan fingerprint density at radius 3 is 3.08 bits per heavy atom. The van der Waals surface area contributed by atoms with E-state index in [0.29, 0.717) is 39.5 Å². The highest BCUT2D eigenvalue weighted by atomic mass is 16.6. The van der Waals surface area contributed by atoms with Gasteiger partial charge in [-0.25, -0.2) is 4.79 Å². The van der Waals surface area contributed by atoms with Crippen molar-refractivity contribution >= 4 is 16.9 Å². The molecule has 2 heterocycles. The van der Waals surface area contributed by atoms with E-state index in [0.717, 1.165) is 28.6 Å². The average Bonchev–Trinajstić information content (AvgIpc) is 3.05. The Bertz CT molecular complexity index is 695. The van der Waals surface area contributed by atoms with E-state index in [-0.39, 0.29) is 12.1 Å². The molecule has 3 N–H and O–H groups in total. The SMILES string of the molecule is CCOc1cccc2[nH]cc(CCNC(=O)NC[C@@H]3COCCO3)c12. The number of H-pyrrole nitrogens is 1. The van der Waals surface area contributed by atoms with E-state index in [1.807, 2.05) is 31.3 Å². The van der Waals surface area contributed by atoms with Crippen LogP contribution in [-0.2, 0) is 15.9 Å². The normalized spacial score (nSPS) is 17.4. The Balaban J connectivity index is 1.48. The number of urea groups is 1. The maximum Gasteiger partial charge on any atom is 0.314 e. The number of rotatable bonds is 7. The summed E-state index contributed by atoms with van der Waals surface area (Å²) in [5.74, 6) is 0.871. The van der Waals surface area contributed by atoms with Crippen LogP contribution in [0.1, 0.15) is 12.5 Å². The minimum Gasteiger partial charge on any atom is -0.493 e. The Hall–Kier alpha value is -2.25. The van der Waals surface area contributed by atoms with Crippen molar-refractivity contribution < 1.29 is 19.0 Å². The van der Waals surface area contributed by atoms with Crippen molar-refractivity contribution in [1.29, 1.82) is 0 Å². The molecule has 1 saturated heterocycles. The summed E-state index contributed by atoms with van der Waals surface area (Å²) in [6.07, 6.45) is 2.63. The van der Waals surface area contributed by atoms with Crippen LogP contribution >= 0.6 is 0 Å². The molecule has 2 aromatic rings. The second-order valence-corrected chi connectivity index (χ2v) is 5.88. The van der Waals surface area contributed by atoms with Gasteiger partial charge in [0, 0.05) is 30.2 Å². The van der Waals surface area contributed by atoms with Gasteiger partial charge in [0.1, 0.15) is 5.75 Å². The molecular weight excluding hydrogens is 322 g/mol. The molecule has 7 nitrogen and oxygen atoms in total. The third kappa shape index (κ3) is 4.64. The number of carbonyl (C=O) groups is 1. The molecular formula is C18H25N3O4. The number of hydrogen-bond acceptors (Lipinski definition) is 4. The zero-order valence-corrected chi connectivity index (χ0v) is 14.5. The lowest BCUT2D eigenvalue weighted by molar-refractivity contribution is -0.0853. The number of ether oxygens (including phenoxy) is 3. The largest absolute Gasteiger partial charge is 0.493 e. The van der Waals surface area contributed by atoms with Crippen LogP contribution in [-0.4, -0.2) is 56.6 Å². The second-order valence-electron chi connectivity index (χ2n) is 5.88. The van der Waals surface area contributed by atoms with Gasteiger partial charge in [0.25, 0.3) is 0 Å². The van der Waals surface area contributed by atoms with Crippen molar-refractivity contribution in [1.82, 2.24) is 15.6 Å². The zero-order valence-electron chi connectivity index (χ0n) is 14.5. The fourth-order valence-electron chi connectivity index (χ4n) is 2.93. The first-order valence-corrected chi connectivity index (χ1v) is 8.70. The quantitative estimate of drug-likeness (QED) is 0.713. The molecule has 0 radical (unpaired) electrons. The second kappa shape index (κ2) is 8.73. The first-order valence-electron chi connectivity index (χ1n) is 8.70. The standard InChI is InChI=1S/C18H25N3O4/c1-2-24-16-5-3-4-15-17(16)13(10-20-15)6-7-19-18(22)21-11-14-12-23-8-9-25-14/h3-5,10,14,20H,2,6-9,11-12H2,1H3,(H2,19,21,22)/t14-/m1/s1. The lowest BCUT2D eigenvalue weighted by atomic mass is 10.1. The van der Waals surface area contributed by atoms with Gasteiger partial charge in [0.15, 0.2) is 0 Å². The van der Waals surface area contributed by atoms with Gasteiger partial charge in [-0.1, -0.05) is 6.07 Å². The molecule has 7 heteroatoms. The third-order valence-electron chi connectivity index (χ3n) is 4.10. The predicted molar refractivity (Wildman–Crippen MR) is 95.1 cm³/mol. The summed E-state index contributed by atoms with van der Waals surface area (Å²) in [5.41, 5.74) is 2.17. The van der Waals surface area contributed by atoms with Gasteiger partial charge < -0.3 is 29.8 Å². The van der Waals surface area contributed by atoms with Crippen LogP contribution in [0.25, 0.3) is 10.9 Å². The lowest BCUT2D eigenvalue weighted by Crippen LogP contribution is -2.44. The van der Waals surface area contributed by atoms with Crippen LogP contribution in [0, 0.1) is 0 Å². The maximum atomic E-state index is 11.9. The molecule has 0 saturated carbocycles. The summed E-state index contributed by atoms with van der Waals surface area (Å²) in [7, 11) is 0. The molecule has 136 valence electrons. The molecule has 25 heavy (non-hydrogen) atoms. The van der Waals surface area contributed by atoms with Crippen LogP contribution < -0.4 is 15.4 Å². The van der Waals surface area contributed by atoms with Gasteiger partial charge in [-0.3, -0.25) is 0 Å². The number of nitrogens with one attached hydrogen (secondary N) is 3. The Labute approximate surface area is 147 Å². The first-order chi connectivity index (χ1) is 12.3. The summed E-state index contributed by atoms with van der Waals surface area (Å²) in [5, 5.41) is 6.77. The minimum atomic E-state index is -0.195.